The van der Waals surface area contributed by atoms with Gasteiger partial charge in [-0.25, -0.2) is 4.39 Å². The van der Waals surface area contributed by atoms with Crippen LogP contribution in [0.3, 0.4) is 0 Å². The smallest absolute Gasteiger partial charge is 0.126 e. The van der Waals surface area contributed by atoms with Crippen molar-refractivity contribution in [2.45, 2.75) is 52.1 Å². The second-order valence-electron chi connectivity index (χ2n) is 6.33. The minimum Gasteiger partial charge on any atom is -0.388 e. The zero-order valence-corrected chi connectivity index (χ0v) is 12.5. The van der Waals surface area contributed by atoms with E-state index in [0.29, 0.717) is 17.7 Å². The first-order chi connectivity index (χ1) is 9.52. The fraction of sp³-hybridized carbons (Fsp3) is 0.647. The highest BCUT2D eigenvalue weighted by atomic mass is 19.1. The quantitative estimate of drug-likeness (QED) is 0.882. The third-order valence-electron chi connectivity index (χ3n) is 5.18. The van der Waals surface area contributed by atoms with Gasteiger partial charge in [0, 0.05) is 12.0 Å². The highest BCUT2D eigenvalue weighted by Gasteiger charge is 2.40. The van der Waals surface area contributed by atoms with Gasteiger partial charge in [-0.3, -0.25) is 0 Å². The maximum Gasteiger partial charge on any atom is 0.126 e. The summed E-state index contributed by atoms with van der Waals surface area (Å²) in [4.78, 5) is 0. The molecule has 1 aliphatic rings. The molecule has 112 valence electrons. The summed E-state index contributed by atoms with van der Waals surface area (Å²) in [7, 11) is 0. The molecule has 1 aliphatic carbocycles. The molecule has 1 saturated carbocycles. The Morgan fingerprint density at radius 2 is 2.05 bits per heavy atom. The van der Waals surface area contributed by atoms with E-state index in [1.165, 1.54) is 12.5 Å². The van der Waals surface area contributed by atoms with Crippen molar-refractivity contribution in [1.82, 2.24) is 0 Å². The van der Waals surface area contributed by atoms with E-state index in [0.717, 1.165) is 31.6 Å². The van der Waals surface area contributed by atoms with E-state index in [1.807, 2.05) is 6.07 Å². The second-order valence-corrected chi connectivity index (χ2v) is 6.33. The van der Waals surface area contributed by atoms with Crippen molar-refractivity contribution >= 4 is 0 Å². The Labute approximate surface area is 121 Å². The van der Waals surface area contributed by atoms with Crippen molar-refractivity contribution in [2.24, 2.45) is 17.1 Å². The summed E-state index contributed by atoms with van der Waals surface area (Å²) < 4.78 is 13.7. The number of halogens is 1. The van der Waals surface area contributed by atoms with E-state index in [2.05, 4.69) is 6.92 Å². The van der Waals surface area contributed by atoms with Crippen LogP contribution in [-0.4, -0.2) is 11.7 Å². The average molecular weight is 279 g/mol. The molecule has 2 nitrogen and oxygen atoms in total. The number of benzene rings is 1. The molecule has 3 N–H and O–H groups in total. The summed E-state index contributed by atoms with van der Waals surface area (Å²) in [5.41, 5.74) is 6.96. The zero-order valence-electron chi connectivity index (χ0n) is 12.5. The van der Waals surface area contributed by atoms with Crippen LogP contribution in [0, 0.1) is 24.1 Å². The molecule has 1 fully saturated rings. The Bertz CT molecular complexity index is 452. The van der Waals surface area contributed by atoms with Gasteiger partial charge in [0.15, 0.2) is 0 Å². The molecule has 3 heteroatoms. The summed E-state index contributed by atoms with van der Waals surface area (Å²) in [5.74, 6) is 0.493. The molecule has 0 bridgehead atoms. The van der Waals surface area contributed by atoms with Gasteiger partial charge in [-0.2, -0.15) is 0 Å². The van der Waals surface area contributed by atoms with E-state index in [-0.39, 0.29) is 11.2 Å². The van der Waals surface area contributed by atoms with Crippen LogP contribution in [0.25, 0.3) is 0 Å². The van der Waals surface area contributed by atoms with Crippen LogP contribution in [0.2, 0.25) is 0 Å². The second kappa shape index (κ2) is 6.23. The van der Waals surface area contributed by atoms with Crippen molar-refractivity contribution in [1.29, 1.82) is 0 Å². The largest absolute Gasteiger partial charge is 0.388 e. The minimum atomic E-state index is -0.666. The lowest BCUT2D eigenvalue weighted by atomic mass is 9.65. The monoisotopic (exact) mass is 279 g/mol. The first-order valence-corrected chi connectivity index (χ1v) is 7.66. The van der Waals surface area contributed by atoms with E-state index in [4.69, 9.17) is 5.73 Å². The SMILES string of the molecule is CCC1CCC(CN)(C(O)c2ccc(C)c(F)c2)CC1. The summed E-state index contributed by atoms with van der Waals surface area (Å²) in [6, 6.07) is 5.02. The number of aryl methyl sites for hydroxylation is 1. The fourth-order valence-corrected chi connectivity index (χ4v) is 3.38. The molecule has 0 radical (unpaired) electrons. The van der Waals surface area contributed by atoms with Gasteiger partial charge in [-0.05, 0) is 55.7 Å². The van der Waals surface area contributed by atoms with Gasteiger partial charge in [0.05, 0.1) is 6.10 Å². The maximum absolute atomic E-state index is 13.7. The molecule has 0 heterocycles. The van der Waals surface area contributed by atoms with Crippen molar-refractivity contribution in [2.75, 3.05) is 6.54 Å². The van der Waals surface area contributed by atoms with Crippen molar-refractivity contribution in [3.8, 4) is 0 Å². The lowest BCUT2D eigenvalue weighted by Crippen LogP contribution is -2.40. The van der Waals surface area contributed by atoms with E-state index in [1.54, 1.807) is 13.0 Å². The van der Waals surface area contributed by atoms with Gasteiger partial charge in [0.1, 0.15) is 5.82 Å². The molecule has 0 saturated heterocycles. The molecule has 0 aromatic heterocycles. The highest BCUT2D eigenvalue weighted by molar-refractivity contribution is 5.26. The predicted octanol–water partition coefficient (Wildman–Crippen LogP) is 3.71. The molecule has 1 aromatic carbocycles. The molecule has 1 aromatic rings. The molecule has 2 rings (SSSR count). The predicted molar refractivity (Wildman–Crippen MR) is 79.8 cm³/mol. The third-order valence-corrected chi connectivity index (χ3v) is 5.18. The van der Waals surface area contributed by atoms with E-state index >= 15 is 0 Å². The Morgan fingerprint density at radius 1 is 1.40 bits per heavy atom. The van der Waals surface area contributed by atoms with Crippen LogP contribution in [0.1, 0.15) is 56.3 Å². The third kappa shape index (κ3) is 2.89. The summed E-state index contributed by atoms with van der Waals surface area (Å²) in [6.07, 6.45) is 4.60. The Morgan fingerprint density at radius 3 is 2.55 bits per heavy atom. The van der Waals surface area contributed by atoms with Crippen LogP contribution < -0.4 is 5.73 Å². The Hall–Kier alpha value is -0.930. The van der Waals surface area contributed by atoms with Crippen molar-refractivity contribution < 1.29 is 9.50 Å². The van der Waals surface area contributed by atoms with Crippen LogP contribution in [0.15, 0.2) is 18.2 Å². The molecule has 1 unspecified atom stereocenters. The van der Waals surface area contributed by atoms with Crippen LogP contribution >= 0.6 is 0 Å². The van der Waals surface area contributed by atoms with Gasteiger partial charge in [0.2, 0.25) is 0 Å². The molecule has 0 aliphatic heterocycles. The number of hydrogen-bond donors (Lipinski definition) is 2. The number of rotatable bonds is 4. The first kappa shape index (κ1) is 15.5. The van der Waals surface area contributed by atoms with E-state index in [9.17, 15) is 9.50 Å². The lowest BCUT2D eigenvalue weighted by Gasteiger charge is -2.43. The molecule has 0 amide bonds. The summed E-state index contributed by atoms with van der Waals surface area (Å²) >= 11 is 0. The van der Waals surface area contributed by atoms with Crippen LogP contribution in [0.5, 0.6) is 0 Å². The van der Waals surface area contributed by atoms with Crippen molar-refractivity contribution in [3.05, 3.63) is 35.1 Å². The lowest BCUT2D eigenvalue weighted by molar-refractivity contribution is -0.0105. The standard InChI is InChI=1S/C17H26FNO/c1-3-13-6-8-17(11-19,9-7-13)16(20)14-5-4-12(2)15(18)10-14/h4-5,10,13,16,20H,3,6-9,11,19H2,1-2H3. The molecule has 1 atom stereocenters. The minimum absolute atomic E-state index is 0.254. The molecule has 0 spiro atoms. The van der Waals surface area contributed by atoms with Gasteiger partial charge in [-0.1, -0.05) is 25.5 Å². The molecule has 20 heavy (non-hydrogen) atoms. The zero-order chi connectivity index (χ0) is 14.8. The highest BCUT2D eigenvalue weighted by Crippen LogP contribution is 2.47. The van der Waals surface area contributed by atoms with Crippen molar-refractivity contribution in [3.63, 3.8) is 0 Å². The summed E-state index contributed by atoms with van der Waals surface area (Å²) in [5, 5.41) is 10.7. The fourth-order valence-electron chi connectivity index (χ4n) is 3.38. The number of hydrogen-bond acceptors (Lipinski definition) is 2. The maximum atomic E-state index is 13.7. The Kier molecular flexibility index (Phi) is 4.82. The van der Waals surface area contributed by atoms with Crippen LogP contribution in [-0.2, 0) is 0 Å². The number of aliphatic hydroxyl groups is 1. The first-order valence-electron chi connectivity index (χ1n) is 7.66. The van der Waals surface area contributed by atoms with Gasteiger partial charge in [-0.15, -0.1) is 0 Å². The van der Waals surface area contributed by atoms with Gasteiger partial charge >= 0.3 is 0 Å². The Balaban J connectivity index is 2.20. The van der Waals surface area contributed by atoms with E-state index < -0.39 is 6.10 Å². The van der Waals surface area contributed by atoms with Crippen LogP contribution in [0.4, 0.5) is 4.39 Å². The topological polar surface area (TPSA) is 46.2 Å². The average Bonchev–Trinajstić information content (AvgIpc) is 2.49. The van der Waals surface area contributed by atoms with Gasteiger partial charge < -0.3 is 10.8 Å². The number of nitrogens with two attached hydrogens (primary N) is 1. The molecular weight excluding hydrogens is 253 g/mol. The van der Waals surface area contributed by atoms with Gasteiger partial charge in [0.25, 0.3) is 0 Å². The molecular formula is C17H26FNO. The number of aliphatic hydroxyl groups excluding tert-OH is 1. The summed E-state index contributed by atoms with van der Waals surface area (Å²) in [6.45, 7) is 4.41. The normalized spacial score (nSPS) is 28.4.